The third kappa shape index (κ3) is 3.88. The Kier molecular flexibility index (Phi) is 5.22. The second kappa shape index (κ2) is 7.73. The molecular formula is C22H27N4O5+. The summed E-state index contributed by atoms with van der Waals surface area (Å²) in [4.78, 5) is 12.8. The lowest BCUT2D eigenvalue weighted by molar-refractivity contribution is -0.907. The molecular weight excluding hydrogens is 400 g/mol. The normalized spacial score (nSPS) is 18.5. The Morgan fingerprint density at radius 3 is 2.65 bits per heavy atom. The number of benzene rings is 1. The quantitative estimate of drug-likeness (QED) is 0.412. The summed E-state index contributed by atoms with van der Waals surface area (Å²) in [5, 5.41) is 28.6. The molecule has 2 heterocycles. The molecule has 0 unspecified atom stereocenters. The number of ether oxygens (including phenoxy) is 2. The number of carbonyl (C=O) groups is 1. The molecule has 0 saturated heterocycles. The van der Waals surface area contributed by atoms with Crippen LogP contribution in [-0.4, -0.2) is 45.8 Å². The van der Waals surface area contributed by atoms with Gasteiger partial charge < -0.3 is 19.9 Å². The lowest BCUT2D eigenvalue weighted by Gasteiger charge is -2.42. The number of aromatic nitrogens is 3. The van der Waals surface area contributed by atoms with Gasteiger partial charge >= 0.3 is 17.5 Å². The van der Waals surface area contributed by atoms with E-state index in [0.717, 1.165) is 23.7 Å². The maximum Gasteiger partial charge on any atom is 0.417 e. The number of amides is 1. The van der Waals surface area contributed by atoms with Gasteiger partial charge in [-0.2, -0.15) is 5.10 Å². The van der Waals surface area contributed by atoms with Crippen LogP contribution in [0.1, 0.15) is 43.2 Å². The Bertz CT molecular complexity index is 1130. The maximum atomic E-state index is 12.8. The summed E-state index contributed by atoms with van der Waals surface area (Å²) in [7, 11) is 2.93. The first-order valence-corrected chi connectivity index (χ1v) is 10.1. The predicted molar refractivity (Wildman–Crippen MR) is 113 cm³/mol. The van der Waals surface area contributed by atoms with Crippen LogP contribution in [0.4, 0.5) is 5.69 Å². The van der Waals surface area contributed by atoms with Crippen LogP contribution in [0.15, 0.2) is 36.5 Å². The second-order valence-corrected chi connectivity index (χ2v) is 8.42. The molecule has 4 rings (SSSR count). The molecule has 1 saturated carbocycles. The topological polar surface area (TPSA) is 110 Å². The van der Waals surface area contributed by atoms with Crippen molar-refractivity contribution in [1.82, 2.24) is 9.78 Å². The van der Waals surface area contributed by atoms with Gasteiger partial charge in [0.15, 0.2) is 0 Å². The zero-order valence-electron chi connectivity index (χ0n) is 18.0. The molecule has 1 fully saturated rings. The van der Waals surface area contributed by atoms with Gasteiger partial charge in [-0.25, -0.2) is 0 Å². The van der Waals surface area contributed by atoms with Crippen LogP contribution in [0.3, 0.4) is 0 Å². The van der Waals surface area contributed by atoms with Gasteiger partial charge in [0.2, 0.25) is 0 Å². The van der Waals surface area contributed by atoms with Crippen LogP contribution < -0.4 is 19.5 Å². The van der Waals surface area contributed by atoms with Gasteiger partial charge in [-0.3, -0.25) is 14.7 Å². The van der Waals surface area contributed by atoms with E-state index in [1.807, 2.05) is 24.7 Å². The lowest BCUT2D eigenvalue weighted by atomic mass is 9.71. The highest BCUT2D eigenvalue weighted by atomic mass is 16.5. The van der Waals surface area contributed by atoms with Crippen LogP contribution in [0, 0.1) is 5.92 Å². The summed E-state index contributed by atoms with van der Waals surface area (Å²) in [6.07, 6.45) is 3.67. The van der Waals surface area contributed by atoms with Crippen molar-refractivity contribution in [2.24, 2.45) is 5.92 Å². The molecule has 1 aromatic carbocycles. The Morgan fingerprint density at radius 1 is 1.26 bits per heavy atom. The molecule has 0 atom stereocenters. The molecule has 0 aliphatic heterocycles. The highest BCUT2D eigenvalue weighted by molar-refractivity contribution is 6.04. The number of hydrogen-bond acceptors (Lipinski definition) is 6. The smallest absolute Gasteiger partial charge is 0.417 e. The number of anilines is 1. The first-order chi connectivity index (χ1) is 14.7. The first-order valence-electron chi connectivity index (χ1n) is 10.1. The minimum Gasteiger partial charge on any atom is -0.494 e. The molecule has 3 aromatic rings. The fraction of sp³-hybridized carbons (Fsp3) is 0.409. The van der Waals surface area contributed by atoms with E-state index in [4.69, 9.17) is 9.47 Å². The van der Waals surface area contributed by atoms with Gasteiger partial charge in [0.1, 0.15) is 5.75 Å². The second-order valence-electron chi connectivity index (χ2n) is 8.42. The maximum absolute atomic E-state index is 12.8. The third-order valence-electron chi connectivity index (χ3n) is 5.95. The molecule has 9 nitrogen and oxygen atoms in total. The van der Waals surface area contributed by atoms with Crippen molar-refractivity contribution in [3.63, 3.8) is 0 Å². The van der Waals surface area contributed by atoms with E-state index in [0.29, 0.717) is 16.2 Å². The summed E-state index contributed by atoms with van der Waals surface area (Å²) in [5.41, 5.74) is 0.544. The molecule has 1 aliphatic rings. The zero-order valence-corrected chi connectivity index (χ0v) is 18.0. The van der Waals surface area contributed by atoms with Crippen molar-refractivity contribution in [3.05, 3.63) is 42.2 Å². The minimum atomic E-state index is -0.687. The largest absolute Gasteiger partial charge is 0.494 e. The number of carbonyl (C=O) groups excluding carboxylic acids is 1. The average Bonchev–Trinajstić information content (AvgIpc) is 3.07. The van der Waals surface area contributed by atoms with E-state index in [9.17, 15) is 15.1 Å². The molecule has 0 bridgehead atoms. The van der Waals surface area contributed by atoms with Gasteiger partial charge in [-0.15, -0.1) is 0 Å². The minimum absolute atomic E-state index is 0.0179. The van der Waals surface area contributed by atoms with E-state index >= 15 is 0 Å². The molecule has 9 heteroatoms. The van der Waals surface area contributed by atoms with Crippen molar-refractivity contribution < 1.29 is 29.3 Å². The van der Waals surface area contributed by atoms with Crippen LogP contribution in [0.2, 0.25) is 0 Å². The molecule has 3 N–H and O–H groups in total. The fourth-order valence-corrected chi connectivity index (χ4v) is 3.90. The SMILES string of the molecule is COc1cc2nn(C3CC(C(C)(C)O)C3)cc2cc1NC(=O)c1cccc(OC)[n+]1O. The number of fused-ring (bicyclic) bond motifs is 1. The number of hydrogen-bond donors (Lipinski definition) is 3. The summed E-state index contributed by atoms with van der Waals surface area (Å²) in [5.74, 6) is 0.336. The highest BCUT2D eigenvalue weighted by Crippen LogP contribution is 2.44. The third-order valence-corrected chi connectivity index (χ3v) is 5.95. The van der Waals surface area contributed by atoms with Crippen molar-refractivity contribution in [1.29, 1.82) is 0 Å². The Morgan fingerprint density at radius 2 is 2.00 bits per heavy atom. The Hall–Kier alpha value is -3.33. The number of nitrogens with zero attached hydrogens (tertiary/aromatic N) is 3. The van der Waals surface area contributed by atoms with Crippen molar-refractivity contribution in [2.45, 2.75) is 38.3 Å². The molecule has 31 heavy (non-hydrogen) atoms. The van der Waals surface area contributed by atoms with Crippen molar-refractivity contribution in [2.75, 3.05) is 19.5 Å². The van der Waals surface area contributed by atoms with Crippen LogP contribution >= 0.6 is 0 Å². The number of aliphatic hydroxyl groups is 1. The molecule has 164 valence electrons. The summed E-state index contributed by atoms with van der Waals surface area (Å²) >= 11 is 0. The molecule has 2 aromatic heterocycles. The number of rotatable bonds is 6. The summed E-state index contributed by atoms with van der Waals surface area (Å²) in [6.45, 7) is 3.68. The monoisotopic (exact) mass is 427 g/mol. The Balaban J connectivity index is 1.59. The number of pyridine rings is 1. The molecule has 1 amide bonds. The lowest BCUT2D eigenvalue weighted by Crippen LogP contribution is -2.41. The van der Waals surface area contributed by atoms with Crippen molar-refractivity contribution in [3.8, 4) is 11.6 Å². The average molecular weight is 427 g/mol. The van der Waals surface area contributed by atoms with E-state index in [2.05, 4.69) is 10.4 Å². The van der Waals surface area contributed by atoms with Gasteiger partial charge in [-0.1, -0.05) is 0 Å². The summed E-state index contributed by atoms with van der Waals surface area (Å²) < 4.78 is 13.1. The van der Waals surface area contributed by atoms with E-state index in [1.165, 1.54) is 20.3 Å². The zero-order chi connectivity index (χ0) is 22.3. The predicted octanol–water partition coefficient (Wildman–Crippen LogP) is 2.55. The van der Waals surface area contributed by atoms with Gasteiger partial charge in [0.25, 0.3) is 0 Å². The Labute approximate surface area is 179 Å². The van der Waals surface area contributed by atoms with E-state index in [1.54, 1.807) is 24.3 Å². The van der Waals surface area contributed by atoms with E-state index in [-0.39, 0.29) is 23.5 Å². The van der Waals surface area contributed by atoms with Gasteiger partial charge in [0.05, 0.1) is 47.9 Å². The highest BCUT2D eigenvalue weighted by Gasteiger charge is 2.40. The summed E-state index contributed by atoms with van der Waals surface area (Å²) in [6, 6.07) is 8.44. The number of nitrogens with one attached hydrogen (secondary N) is 1. The van der Waals surface area contributed by atoms with Crippen LogP contribution in [0.5, 0.6) is 11.6 Å². The molecule has 0 radical (unpaired) electrons. The van der Waals surface area contributed by atoms with Crippen molar-refractivity contribution >= 4 is 22.5 Å². The first kappa shape index (κ1) is 20.9. The standard InChI is InChI=1S/C22H26N4O5/c1-22(2,28)14-9-15(10-14)25-12-13-8-17(19(30-3)11-16(13)24-25)23-21(27)18-6-5-7-20(31-4)26(18)29/h5-8,11-12,14-15,28H,9-10H2,1-4H3,(H-,23,27,29)/p+1. The van der Waals surface area contributed by atoms with Crippen LogP contribution in [0.25, 0.3) is 10.9 Å². The van der Waals surface area contributed by atoms with Crippen LogP contribution in [-0.2, 0) is 0 Å². The van der Waals surface area contributed by atoms with Gasteiger partial charge in [-0.05, 0) is 44.7 Å². The van der Waals surface area contributed by atoms with Gasteiger partial charge in [0, 0.05) is 23.7 Å². The molecule has 1 aliphatic carbocycles. The van der Waals surface area contributed by atoms with E-state index < -0.39 is 11.5 Å². The molecule has 0 spiro atoms. The fourth-order valence-electron chi connectivity index (χ4n) is 3.90. The number of methoxy groups -OCH3 is 2.